The van der Waals surface area contributed by atoms with Gasteiger partial charge in [-0.2, -0.15) is 0 Å². The molecule has 0 atom stereocenters. The fourth-order valence-electron chi connectivity index (χ4n) is 3.81. The second kappa shape index (κ2) is 10.5. The van der Waals surface area contributed by atoms with E-state index in [1.807, 2.05) is 49.5 Å². The second-order valence-corrected chi connectivity index (χ2v) is 8.75. The molecular weight excluding hydrogens is 448 g/mol. The molecular formula is C26H26N4O3S. The molecule has 8 heteroatoms. The van der Waals surface area contributed by atoms with Gasteiger partial charge < -0.3 is 14.6 Å². The number of amides is 1. The van der Waals surface area contributed by atoms with Crippen molar-refractivity contribution in [3.05, 3.63) is 83.4 Å². The molecule has 0 unspecified atom stereocenters. The summed E-state index contributed by atoms with van der Waals surface area (Å²) in [7, 11) is 2.01. The molecule has 0 saturated carbocycles. The van der Waals surface area contributed by atoms with Gasteiger partial charge in [-0.05, 0) is 37.6 Å². The third-order valence-electron chi connectivity index (χ3n) is 5.31. The van der Waals surface area contributed by atoms with Crippen molar-refractivity contribution in [2.75, 3.05) is 17.7 Å². The summed E-state index contributed by atoms with van der Waals surface area (Å²) >= 11 is 1.21. The normalized spacial score (nSPS) is 10.9. The SMILES string of the molecule is CCOC(=O)c1c(C)nc(Cc2cn(C)c3ccccc23)nc1SCC(=O)Nc1ccccc1. The average molecular weight is 475 g/mol. The molecule has 2 aromatic carbocycles. The van der Waals surface area contributed by atoms with Crippen LogP contribution < -0.4 is 5.32 Å². The number of esters is 1. The Balaban J connectivity index is 1.61. The molecule has 0 aliphatic heterocycles. The lowest BCUT2D eigenvalue weighted by molar-refractivity contribution is -0.113. The number of fused-ring (bicyclic) bond motifs is 1. The van der Waals surface area contributed by atoms with E-state index >= 15 is 0 Å². The van der Waals surface area contributed by atoms with Gasteiger partial charge in [-0.3, -0.25) is 4.79 Å². The number of anilines is 1. The minimum atomic E-state index is -0.484. The first kappa shape index (κ1) is 23.5. The summed E-state index contributed by atoms with van der Waals surface area (Å²) in [6.07, 6.45) is 2.58. The van der Waals surface area contributed by atoms with Crippen molar-refractivity contribution in [2.45, 2.75) is 25.3 Å². The molecule has 0 bridgehead atoms. The van der Waals surface area contributed by atoms with Crippen LogP contribution in [0.1, 0.15) is 34.4 Å². The topological polar surface area (TPSA) is 86.1 Å². The van der Waals surface area contributed by atoms with Gasteiger partial charge in [0.25, 0.3) is 0 Å². The van der Waals surface area contributed by atoms with E-state index in [0.717, 1.165) is 16.5 Å². The molecule has 0 fully saturated rings. The molecule has 0 spiro atoms. The highest BCUT2D eigenvalue weighted by Gasteiger charge is 2.22. The maximum atomic E-state index is 12.7. The van der Waals surface area contributed by atoms with E-state index < -0.39 is 5.97 Å². The highest BCUT2D eigenvalue weighted by Crippen LogP contribution is 2.27. The molecule has 4 rings (SSSR count). The fourth-order valence-corrected chi connectivity index (χ4v) is 4.70. The van der Waals surface area contributed by atoms with Crippen LogP contribution in [0.5, 0.6) is 0 Å². The zero-order valence-corrected chi connectivity index (χ0v) is 20.2. The quantitative estimate of drug-likeness (QED) is 0.225. The second-order valence-electron chi connectivity index (χ2n) is 7.79. The van der Waals surface area contributed by atoms with Gasteiger partial charge >= 0.3 is 5.97 Å². The number of carbonyl (C=O) groups is 2. The van der Waals surface area contributed by atoms with Crippen LogP contribution in [0.2, 0.25) is 0 Å². The molecule has 1 N–H and O–H groups in total. The summed E-state index contributed by atoms with van der Waals surface area (Å²) in [5.74, 6) is 0.0271. The van der Waals surface area contributed by atoms with Crippen LogP contribution in [-0.4, -0.2) is 38.8 Å². The zero-order chi connectivity index (χ0) is 24.1. The summed E-state index contributed by atoms with van der Waals surface area (Å²) in [6, 6.07) is 17.4. The van der Waals surface area contributed by atoms with Crippen LogP contribution in [-0.2, 0) is 23.0 Å². The van der Waals surface area contributed by atoms with Crippen molar-refractivity contribution in [1.82, 2.24) is 14.5 Å². The Labute approximate surface area is 202 Å². The molecule has 4 aromatic rings. The lowest BCUT2D eigenvalue weighted by Gasteiger charge is -2.12. The Morgan fingerprint density at radius 3 is 2.56 bits per heavy atom. The number of ether oxygens (including phenoxy) is 1. The smallest absolute Gasteiger partial charge is 0.342 e. The van der Waals surface area contributed by atoms with Crippen molar-refractivity contribution >= 4 is 40.2 Å². The van der Waals surface area contributed by atoms with Crippen molar-refractivity contribution < 1.29 is 14.3 Å². The van der Waals surface area contributed by atoms with Crippen molar-refractivity contribution in [3.8, 4) is 0 Å². The molecule has 34 heavy (non-hydrogen) atoms. The van der Waals surface area contributed by atoms with Crippen molar-refractivity contribution in [3.63, 3.8) is 0 Å². The number of carbonyl (C=O) groups excluding carboxylic acids is 2. The lowest BCUT2D eigenvalue weighted by Crippen LogP contribution is -2.17. The van der Waals surface area contributed by atoms with Gasteiger partial charge in [-0.15, -0.1) is 0 Å². The van der Waals surface area contributed by atoms with Crippen LogP contribution in [0.3, 0.4) is 0 Å². The summed E-state index contributed by atoms with van der Waals surface area (Å²) < 4.78 is 7.31. The molecule has 2 aromatic heterocycles. The summed E-state index contributed by atoms with van der Waals surface area (Å²) in [6.45, 7) is 3.77. The van der Waals surface area contributed by atoms with Gasteiger partial charge in [-0.1, -0.05) is 48.2 Å². The van der Waals surface area contributed by atoms with Gasteiger partial charge in [0.1, 0.15) is 16.4 Å². The van der Waals surface area contributed by atoms with E-state index in [9.17, 15) is 9.59 Å². The summed E-state index contributed by atoms with van der Waals surface area (Å²) in [5.41, 5.74) is 3.79. The first-order chi connectivity index (χ1) is 16.5. The number of aryl methyl sites for hydroxylation is 2. The third kappa shape index (κ3) is 5.28. The first-order valence-corrected chi connectivity index (χ1v) is 12.0. The van der Waals surface area contributed by atoms with Crippen LogP contribution in [0, 0.1) is 6.92 Å². The summed E-state index contributed by atoms with van der Waals surface area (Å²) in [5, 5.41) is 4.44. The number of hydrogen-bond donors (Lipinski definition) is 1. The van der Waals surface area contributed by atoms with Gasteiger partial charge in [0.05, 0.1) is 18.1 Å². The average Bonchev–Trinajstić information content (AvgIpc) is 3.13. The van der Waals surface area contributed by atoms with Crippen LogP contribution >= 0.6 is 11.8 Å². The van der Waals surface area contributed by atoms with Crippen LogP contribution in [0.25, 0.3) is 10.9 Å². The van der Waals surface area contributed by atoms with E-state index in [1.54, 1.807) is 13.8 Å². The number of benzene rings is 2. The largest absolute Gasteiger partial charge is 0.462 e. The maximum absolute atomic E-state index is 12.7. The highest BCUT2D eigenvalue weighted by atomic mass is 32.2. The molecule has 0 aliphatic carbocycles. The minimum absolute atomic E-state index is 0.103. The number of aromatic nitrogens is 3. The molecule has 2 heterocycles. The molecule has 1 amide bonds. The maximum Gasteiger partial charge on any atom is 0.342 e. The standard InChI is InChI=1S/C26H26N4O3S/c1-4-33-26(32)24-17(2)27-22(14-18-15-30(3)21-13-9-8-12-20(18)21)29-25(24)34-16-23(31)28-19-10-6-5-7-11-19/h5-13,15H,4,14,16H2,1-3H3,(H,28,31). The fraction of sp³-hybridized carbons (Fsp3) is 0.231. The zero-order valence-electron chi connectivity index (χ0n) is 19.4. The van der Waals surface area contributed by atoms with Crippen LogP contribution in [0.4, 0.5) is 5.69 Å². The molecule has 0 saturated heterocycles. The Morgan fingerprint density at radius 1 is 1.06 bits per heavy atom. The Bertz CT molecular complexity index is 1330. The highest BCUT2D eigenvalue weighted by molar-refractivity contribution is 8.00. The Hall–Kier alpha value is -3.65. The van der Waals surface area contributed by atoms with Gasteiger partial charge in [0.2, 0.25) is 5.91 Å². The van der Waals surface area contributed by atoms with Gasteiger partial charge in [0.15, 0.2) is 0 Å². The van der Waals surface area contributed by atoms with E-state index in [0.29, 0.717) is 34.2 Å². The minimum Gasteiger partial charge on any atom is -0.462 e. The Morgan fingerprint density at radius 2 is 1.79 bits per heavy atom. The number of thioether (sulfide) groups is 1. The van der Waals surface area contributed by atoms with Crippen molar-refractivity contribution in [1.29, 1.82) is 0 Å². The number of nitrogens with one attached hydrogen (secondary N) is 1. The number of nitrogens with zero attached hydrogens (tertiary/aromatic N) is 3. The van der Waals surface area contributed by atoms with E-state index in [4.69, 9.17) is 4.74 Å². The van der Waals surface area contributed by atoms with E-state index in [1.165, 1.54) is 11.8 Å². The van der Waals surface area contributed by atoms with Gasteiger partial charge in [-0.25, -0.2) is 14.8 Å². The number of para-hydroxylation sites is 2. The first-order valence-electron chi connectivity index (χ1n) is 11.0. The van der Waals surface area contributed by atoms with E-state index in [2.05, 4.69) is 38.2 Å². The number of hydrogen-bond acceptors (Lipinski definition) is 6. The van der Waals surface area contributed by atoms with E-state index in [-0.39, 0.29) is 18.3 Å². The Kier molecular flexibility index (Phi) is 7.27. The number of rotatable bonds is 8. The van der Waals surface area contributed by atoms with Crippen LogP contribution in [0.15, 0.2) is 65.8 Å². The molecule has 0 aliphatic rings. The predicted molar refractivity (Wildman–Crippen MR) is 134 cm³/mol. The monoisotopic (exact) mass is 474 g/mol. The van der Waals surface area contributed by atoms with Crippen molar-refractivity contribution in [2.24, 2.45) is 7.05 Å². The molecule has 0 radical (unpaired) electrons. The predicted octanol–water partition coefficient (Wildman–Crippen LogP) is 4.78. The summed E-state index contributed by atoms with van der Waals surface area (Å²) in [4.78, 5) is 34.5. The molecule has 174 valence electrons. The molecule has 7 nitrogen and oxygen atoms in total. The lowest BCUT2D eigenvalue weighted by atomic mass is 10.1. The third-order valence-corrected chi connectivity index (χ3v) is 6.28. The van der Waals surface area contributed by atoms with Gasteiger partial charge in [0, 0.05) is 36.3 Å².